The molecule has 1 aromatic heterocycles. The smallest absolute Gasteiger partial charge is 0.407 e. The number of nitrogens with one attached hydrogen (secondary N) is 1. The lowest BCUT2D eigenvalue weighted by atomic mass is 9.98. The van der Waals surface area contributed by atoms with Gasteiger partial charge in [0.2, 0.25) is 0 Å². The largest absolute Gasteiger partial charge is 0.480 e. The molecule has 0 fully saturated rings. The number of ether oxygens (including phenoxy) is 1. The molecule has 154 valence electrons. The Morgan fingerprint density at radius 3 is 2.26 bits per heavy atom. The zero-order chi connectivity index (χ0) is 21.8. The first-order chi connectivity index (χ1) is 15.1. The van der Waals surface area contributed by atoms with E-state index in [4.69, 9.17) is 10.00 Å². The van der Waals surface area contributed by atoms with E-state index in [2.05, 4.69) is 10.3 Å². The monoisotopic (exact) mass is 413 g/mol. The molecule has 2 aromatic carbocycles. The number of nitrogens with zero attached hydrogens (tertiary/aromatic N) is 2. The van der Waals surface area contributed by atoms with Crippen molar-refractivity contribution in [1.82, 2.24) is 10.3 Å². The van der Waals surface area contributed by atoms with Gasteiger partial charge in [-0.05, 0) is 34.4 Å². The number of carbonyl (C=O) groups is 2. The Bertz CT molecular complexity index is 1120. The van der Waals surface area contributed by atoms with Crippen LogP contribution in [0.1, 0.15) is 28.3 Å². The van der Waals surface area contributed by atoms with E-state index in [0.29, 0.717) is 11.3 Å². The van der Waals surface area contributed by atoms with Crippen LogP contribution in [0.2, 0.25) is 0 Å². The summed E-state index contributed by atoms with van der Waals surface area (Å²) in [5.74, 6) is -1.30. The number of fused-ring (bicyclic) bond motifs is 3. The van der Waals surface area contributed by atoms with E-state index >= 15 is 0 Å². The number of benzene rings is 2. The fourth-order valence-corrected chi connectivity index (χ4v) is 3.80. The van der Waals surface area contributed by atoms with Crippen LogP contribution in [-0.4, -0.2) is 34.8 Å². The van der Waals surface area contributed by atoms with Gasteiger partial charge in [-0.3, -0.25) is 4.98 Å². The molecule has 1 aliphatic rings. The van der Waals surface area contributed by atoms with E-state index in [-0.39, 0.29) is 18.9 Å². The van der Waals surface area contributed by atoms with Crippen LogP contribution in [0.4, 0.5) is 4.79 Å². The minimum Gasteiger partial charge on any atom is -0.480 e. The zero-order valence-electron chi connectivity index (χ0n) is 16.5. The van der Waals surface area contributed by atoms with Crippen molar-refractivity contribution >= 4 is 12.1 Å². The van der Waals surface area contributed by atoms with Crippen molar-refractivity contribution in [3.63, 3.8) is 0 Å². The van der Waals surface area contributed by atoms with Gasteiger partial charge in [0, 0.05) is 24.2 Å². The van der Waals surface area contributed by atoms with Gasteiger partial charge in [0.05, 0.1) is 5.56 Å². The number of hydrogen-bond donors (Lipinski definition) is 2. The predicted octanol–water partition coefficient (Wildman–Crippen LogP) is 3.49. The molecule has 0 radical (unpaired) electrons. The maximum Gasteiger partial charge on any atom is 0.407 e. The summed E-state index contributed by atoms with van der Waals surface area (Å²) < 4.78 is 5.42. The Morgan fingerprint density at radius 1 is 1.06 bits per heavy atom. The summed E-state index contributed by atoms with van der Waals surface area (Å²) in [4.78, 5) is 28.0. The van der Waals surface area contributed by atoms with Crippen molar-refractivity contribution < 1.29 is 19.4 Å². The summed E-state index contributed by atoms with van der Waals surface area (Å²) in [6.45, 7) is 0.0985. The lowest BCUT2D eigenvalue weighted by Gasteiger charge is -2.17. The minimum absolute atomic E-state index is 0.0226. The van der Waals surface area contributed by atoms with Crippen molar-refractivity contribution in [3.05, 3.63) is 89.2 Å². The highest BCUT2D eigenvalue weighted by Crippen LogP contribution is 2.44. The fraction of sp³-hybridized carbons (Fsp3) is 0.167. The van der Waals surface area contributed by atoms with Gasteiger partial charge >= 0.3 is 12.1 Å². The number of aliphatic carboxylic acids is 1. The van der Waals surface area contributed by atoms with E-state index in [0.717, 1.165) is 22.3 Å². The van der Waals surface area contributed by atoms with Gasteiger partial charge in [-0.1, -0.05) is 48.5 Å². The Hall–Kier alpha value is -4.18. The van der Waals surface area contributed by atoms with Crippen LogP contribution in [0.15, 0.2) is 66.9 Å². The fourth-order valence-electron chi connectivity index (χ4n) is 3.80. The normalized spacial score (nSPS) is 12.9. The second-order valence-electron chi connectivity index (χ2n) is 7.21. The van der Waals surface area contributed by atoms with Crippen molar-refractivity contribution in [2.75, 3.05) is 6.61 Å². The SMILES string of the molecule is N#Cc1ccc(C[C@H](NC(=O)OCC2c3ccccc3-c3ccccc32)C(=O)O)nc1. The average molecular weight is 413 g/mol. The minimum atomic E-state index is -1.20. The summed E-state index contributed by atoms with van der Waals surface area (Å²) in [6.07, 6.45) is 0.537. The Balaban J connectivity index is 1.42. The van der Waals surface area contributed by atoms with Crippen LogP contribution in [0.25, 0.3) is 11.1 Å². The van der Waals surface area contributed by atoms with Crippen LogP contribution in [0.5, 0.6) is 0 Å². The molecule has 1 amide bonds. The van der Waals surface area contributed by atoms with Crippen molar-refractivity contribution in [1.29, 1.82) is 5.26 Å². The molecule has 31 heavy (non-hydrogen) atoms. The first kappa shape index (κ1) is 20.1. The third-order valence-corrected chi connectivity index (χ3v) is 5.30. The Labute approximate surface area is 178 Å². The van der Waals surface area contributed by atoms with Crippen LogP contribution in [0, 0.1) is 11.3 Å². The van der Waals surface area contributed by atoms with Crippen molar-refractivity contribution in [2.45, 2.75) is 18.4 Å². The van der Waals surface area contributed by atoms with Gasteiger partial charge in [0.25, 0.3) is 0 Å². The highest BCUT2D eigenvalue weighted by atomic mass is 16.5. The van der Waals surface area contributed by atoms with Gasteiger partial charge in [0.15, 0.2) is 0 Å². The molecule has 0 saturated heterocycles. The molecular weight excluding hydrogens is 394 g/mol. The highest BCUT2D eigenvalue weighted by molar-refractivity contribution is 5.81. The predicted molar refractivity (Wildman–Crippen MR) is 112 cm³/mol. The third kappa shape index (κ3) is 4.23. The number of amides is 1. The number of carboxylic acid groups (broad SMARTS) is 1. The third-order valence-electron chi connectivity index (χ3n) is 5.30. The van der Waals surface area contributed by atoms with Crippen LogP contribution < -0.4 is 5.32 Å². The molecule has 7 heteroatoms. The summed E-state index contributed by atoms with van der Waals surface area (Å²) in [6, 6.07) is 19.8. The molecule has 1 heterocycles. The standard InChI is InChI=1S/C24H19N3O4/c25-12-15-9-10-16(26-13-15)11-22(23(28)29)27-24(30)31-14-21-19-7-3-1-5-17(19)18-6-2-4-8-20(18)21/h1-10,13,21-22H,11,14H2,(H,27,30)(H,28,29)/t22-/m0/s1. The topological polar surface area (TPSA) is 112 Å². The van der Waals surface area contributed by atoms with E-state index in [1.807, 2.05) is 54.6 Å². The number of pyridine rings is 1. The highest BCUT2D eigenvalue weighted by Gasteiger charge is 2.29. The lowest BCUT2D eigenvalue weighted by molar-refractivity contribution is -0.139. The number of carboxylic acids is 1. The molecule has 7 nitrogen and oxygen atoms in total. The number of rotatable bonds is 6. The first-order valence-corrected chi connectivity index (χ1v) is 9.76. The molecule has 3 aromatic rings. The number of nitriles is 1. The number of hydrogen-bond acceptors (Lipinski definition) is 5. The summed E-state index contributed by atoms with van der Waals surface area (Å²) in [5.41, 5.74) is 5.21. The maximum atomic E-state index is 12.4. The number of alkyl carbamates (subject to hydrolysis) is 1. The van der Waals surface area contributed by atoms with Crippen molar-refractivity contribution in [3.8, 4) is 17.2 Å². The second-order valence-corrected chi connectivity index (χ2v) is 7.21. The number of carbonyl (C=O) groups excluding carboxylic acids is 1. The molecular formula is C24H19N3O4. The van der Waals surface area contributed by atoms with Gasteiger partial charge in [-0.2, -0.15) is 5.26 Å². The number of aromatic nitrogens is 1. The van der Waals surface area contributed by atoms with Gasteiger partial charge < -0.3 is 15.2 Å². The molecule has 0 bridgehead atoms. The lowest BCUT2D eigenvalue weighted by Crippen LogP contribution is -2.43. The summed E-state index contributed by atoms with van der Waals surface area (Å²) in [7, 11) is 0. The molecule has 1 aliphatic carbocycles. The van der Waals surface area contributed by atoms with E-state index in [9.17, 15) is 14.7 Å². The van der Waals surface area contributed by atoms with E-state index in [1.54, 1.807) is 12.1 Å². The van der Waals surface area contributed by atoms with Crippen LogP contribution in [-0.2, 0) is 16.0 Å². The molecule has 0 spiro atoms. The van der Waals surface area contributed by atoms with Crippen molar-refractivity contribution in [2.24, 2.45) is 0 Å². The second kappa shape index (κ2) is 8.67. The zero-order valence-corrected chi connectivity index (χ0v) is 16.5. The summed E-state index contributed by atoms with van der Waals surface area (Å²) in [5, 5.41) is 20.7. The van der Waals surface area contributed by atoms with Crippen LogP contribution in [0.3, 0.4) is 0 Å². The molecule has 0 saturated carbocycles. The van der Waals surface area contributed by atoms with E-state index < -0.39 is 18.1 Å². The molecule has 0 unspecified atom stereocenters. The Morgan fingerprint density at radius 2 is 1.71 bits per heavy atom. The van der Waals surface area contributed by atoms with E-state index in [1.165, 1.54) is 6.20 Å². The maximum absolute atomic E-state index is 12.4. The molecule has 2 N–H and O–H groups in total. The Kier molecular flexibility index (Phi) is 5.63. The van der Waals surface area contributed by atoms with Gasteiger partial charge in [-0.15, -0.1) is 0 Å². The molecule has 4 rings (SSSR count). The van der Waals surface area contributed by atoms with Crippen LogP contribution >= 0.6 is 0 Å². The molecule has 0 aliphatic heterocycles. The van der Waals surface area contributed by atoms with Gasteiger partial charge in [0.1, 0.15) is 18.7 Å². The summed E-state index contributed by atoms with van der Waals surface area (Å²) >= 11 is 0. The quantitative estimate of drug-likeness (QED) is 0.640. The molecule has 1 atom stereocenters. The first-order valence-electron chi connectivity index (χ1n) is 9.76. The average Bonchev–Trinajstić information content (AvgIpc) is 3.11. The van der Waals surface area contributed by atoms with Gasteiger partial charge in [-0.25, -0.2) is 9.59 Å².